The lowest BCUT2D eigenvalue weighted by molar-refractivity contribution is -0.134. The molecule has 1 aromatic carbocycles. The molecule has 114 valence electrons. The molecule has 1 saturated heterocycles. The van der Waals surface area contributed by atoms with Crippen LogP contribution in [0.25, 0.3) is 0 Å². The molecule has 0 radical (unpaired) electrons. The second-order valence-corrected chi connectivity index (χ2v) is 6.40. The van der Waals surface area contributed by atoms with E-state index in [1.54, 1.807) is 0 Å². The van der Waals surface area contributed by atoms with Crippen LogP contribution in [0.1, 0.15) is 29.9 Å². The fourth-order valence-corrected chi connectivity index (χ4v) is 3.54. The third-order valence-electron chi connectivity index (χ3n) is 4.90. The van der Waals surface area contributed by atoms with Gasteiger partial charge in [-0.05, 0) is 38.1 Å². The molecule has 1 unspecified atom stereocenters. The number of piperidine rings is 1. The Hall–Kier alpha value is -1.39. The zero-order chi connectivity index (χ0) is 14.8. The zero-order valence-electron chi connectivity index (χ0n) is 13.0. The van der Waals surface area contributed by atoms with Gasteiger partial charge < -0.3 is 15.1 Å². The Labute approximate surface area is 127 Å². The van der Waals surface area contributed by atoms with Gasteiger partial charge in [-0.1, -0.05) is 24.3 Å². The van der Waals surface area contributed by atoms with Crippen molar-refractivity contribution in [2.75, 3.05) is 33.7 Å². The van der Waals surface area contributed by atoms with Gasteiger partial charge in [0.1, 0.15) is 0 Å². The van der Waals surface area contributed by atoms with Gasteiger partial charge in [-0.3, -0.25) is 4.79 Å². The van der Waals surface area contributed by atoms with E-state index in [4.69, 9.17) is 0 Å². The number of carbonyl (C=O) groups is 1. The maximum atomic E-state index is 12.9. The van der Waals surface area contributed by atoms with Gasteiger partial charge in [0.15, 0.2) is 0 Å². The van der Waals surface area contributed by atoms with E-state index in [0.717, 1.165) is 39.0 Å². The van der Waals surface area contributed by atoms with Crippen molar-refractivity contribution in [2.45, 2.75) is 31.3 Å². The van der Waals surface area contributed by atoms with Crippen LogP contribution < -0.4 is 5.32 Å². The lowest BCUT2D eigenvalue weighted by Crippen LogP contribution is -2.48. The first-order valence-electron chi connectivity index (χ1n) is 7.90. The molecule has 1 amide bonds. The number of hydrogen-bond donors (Lipinski definition) is 1. The molecule has 0 aromatic heterocycles. The summed E-state index contributed by atoms with van der Waals surface area (Å²) in [6.07, 6.45) is 2.17. The van der Waals surface area contributed by atoms with Gasteiger partial charge in [0.2, 0.25) is 5.91 Å². The van der Waals surface area contributed by atoms with Crippen LogP contribution in [-0.2, 0) is 11.3 Å². The normalized spacial score (nSPS) is 23.2. The Bertz CT molecular complexity index is 507. The summed E-state index contributed by atoms with van der Waals surface area (Å²) < 4.78 is 0. The third kappa shape index (κ3) is 2.97. The minimum Gasteiger partial charge on any atom is -0.342 e. The molecule has 2 heterocycles. The van der Waals surface area contributed by atoms with Crippen LogP contribution in [0.4, 0.5) is 0 Å². The summed E-state index contributed by atoms with van der Waals surface area (Å²) in [7, 11) is 4.26. The standard InChI is InChI=1S/C17H25N3O/c1-19(2)14-7-9-20(10-8-14)17(21)16-12-18-11-13-5-3-4-6-15(13)16/h3-6,14,16,18H,7-12H2,1-2H3. The minimum atomic E-state index is -0.00847. The molecule has 2 aliphatic rings. The molecule has 4 heteroatoms. The Morgan fingerprint density at radius 2 is 1.95 bits per heavy atom. The molecule has 0 spiro atoms. The van der Waals surface area contributed by atoms with E-state index in [9.17, 15) is 4.79 Å². The number of hydrogen-bond acceptors (Lipinski definition) is 3. The van der Waals surface area contributed by atoms with E-state index >= 15 is 0 Å². The predicted molar refractivity (Wildman–Crippen MR) is 84.2 cm³/mol. The van der Waals surface area contributed by atoms with Crippen LogP contribution >= 0.6 is 0 Å². The second kappa shape index (κ2) is 6.16. The quantitative estimate of drug-likeness (QED) is 0.894. The minimum absolute atomic E-state index is 0.00847. The van der Waals surface area contributed by atoms with Gasteiger partial charge >= 0.3 is 0 Å². The molecule has 0 saturated carbocycles. The first kappa shape index (κ1) is 14.5. The van der Waals surface area contributed by atoms with Crippen molar-refractivity contribution in [1.82, 2.24) is 15.1 Å². The largest absolute Gasteiger partial charge is 0.342 e. The maximum Gasteiger partial charge on any atom is 0.231 e. The SMILES string of the molecule is CN(C)C1CCN(C(=O)C2CNCc3ccccc32)CC1. The van der Waals surface area contributed by atoms with Crippen LogP contribution in [0.5, 0.6) is 0 Å². The van der Waals surface area contributed by atoms with Crippen LogP contribution in [0.2, 0.25) is 0 Å². The van der Waals surface area contributed by atoms with Crippen LogP contribution in [0.15, 0.2) is 24.3 Å². The Balaban J connectivity index is 1.70. The summed E-state index contributed by atoms with van der Waals surface area (Å²) >= 11 is 0. The summed E-state index contributed by atoms with van der Waals surface area (Å²) in [5, 5.41) is 3.38. The highest BCUT2D eigenvalue weighted by atomic mass is 16.2. The van der Waals surface area contributed by atoms with E-state index < -0.39 is 0 Å². The van der Waals surface area contributed by atoms with E-state index in [-0.39, 0.29) is 5.92 Å². The highest BCUT2D eigenvalue weighted by molar-refractivity contribution is 5.84. The topological polar surface area (TPSA) is 35.6 Å². The molecule has 1 fully saturated rings. The number of benzene rings is 1. The molecule has 1 aromatic rings. The summed E-state index contributed by atoms with van der Waals surface area (Å²) in [4.78, 5) is 17.2. The van der Waals surface area contributed by atoms with Gasteiger partial charge in [0.25, 0.3) is 0 Å². The Morgan fingerprint density at radius 3 is 2.67 bits per heavy atom. The van der Waals surface area contributed by atoms with E-state index in [0.29, 0.717) is 11.9 Å². The molecule has 3 rings (SSSR count). The van der Waals surface area contributed by atoms with Crippen LogP contribution in [-0.4, -0.2) is 55.5 Å². The van der Waals surface area contributed by atoms with Crippen molar-refractivity contribution in [3.05, 3.63) is 35.4 Å². The molecule has 21 heavy (non-hydrogen) atoms. The smallest absolute Gasteiger partial charge is 0.231 e. The first-order chi connectivity index (χ1) is 10.2. The number of rotatable bonds is 2. The first-order valence-corrected chi connectivity index (χ1v) is 7.90. The average molecular weight is 287 g/mol. The monoisotopic (exact) mass is 287 g/mol. The second-order valence-electron chi connectivity index (χ2n) is 6.40. The number of likely N-dealkylation sites (tertiary alicyclic amines) is 1. The van der Waals surface area contributed by atoms with Gasteiger partial charge in [-0.15, -0.1) is 0 Å². The van der Waals surface area contributed by atoms with Crippen LogP contribution in [0.3, 0.4) is 0 Å². The zero-order valence-corrected chi connectivity index (χ0v) is 13.0. The summed E-state index contributed by atoms with van der Waals surface area (Å²) in [6.45, 7) is 3.42. The van der Waals surface area contributed by atoms with Gasteiger partial charge in [-0.2, -0.15) is 0 Å². The number of nitrogens with one attached hydrogen (secondary N) is 1. The van der Waals surface area contributed by atoms with Crippen molar-refractivity contribution >= 4 is 5.91 Å². The molecule has 1 atom stereocenters. The average Bonchev–Trinajstić information content (AvgIpc) is 2.53. The summed E-state index contributed by atoms with van der Waals surface area (Å²) in [6, 6.07) is 8.95. The van der Waals surface area contributed by atoms with Gasteiger partial charge in [0.05, 0.1) is 5.92 Å². The molecule has 4 nitrogen and oxygen atoms in total. The Kier molecular flexibility index (Phi) is 4.27. The number of fused-ring (bicyclic) bond motifs is 1. The highest BCUT2D eigenvalue weighted by Gasteiger charge is 2.32. The Morgan fingerprint density at radius 1 is 1.24 bits per heavy atom. The number of amides is 1. The molecule has 0 aliphatic carbocycles. The molecular weight excluding hydrogens is 262 g/mol. The third-order valence-corrected chi connectivity index (χ3v) is 4.90. The van der Waals surface area contributed by atoms with E-state index in [1.807, 2.05) is 6.07 Å². The van der Waals surface area contributed by atoms with Crippen molar-refractivity contribution in [2.24, 2.45) is 0 Å². The lowest BCUT2D eigenvalue weighted by Gasteiger charge is -2.38. The number of carbonyl (C=O) groups excluding carboxylic acids is 1. The summed E-state index contributed by atoms with van der Waals surface area (Å²) in [5.41, 5.74) is 2.49. The maximum absolute atomic E-state index is 12.9. The van der Waals surface area contributed by atoms with Gasteiger partial charge in [-0.25, -0.2) is 0 Å². The van der Waals surface area contributed by atoms with E-state index in [2.05, 4.69) is 47.4 Å². The van der Waals surface area contributed by atoms with Gasteiger partial charge in [0, 0.05) is 32.2 Å². The highest BCUT2D eigenvalue weighted by Crippen LogP contribution is 2.27. The number of nitrogens with zero attached hydrogens (tertiary/aromatic N) is 2. The summed E-state index contributed by atoms with van der Waals surface area (Å²) in [5.74, 6) is 0.290. The molecule has 0 bridgehead atoms. The van der Waals surface area contributed by atoms with Crippen molar-refractivity contribution in [1.29, 1.82) is 0 Å². The molecular formula is C17H25N3O. The van der Waals surface area contributed by atoms with Crippen molar-refractivity contribution in [3.63, 3.8) is 0 Å². The predicted octanol–water partition coefficient (Wildman–Crippen LogP) is 1.43. The van der Waals surface area contributed by atoms with Crippen molar-refractivity contribution in [3.8, 4) is 0 Å². The molecule has 1 N–H and O–H groups in total. The van der Waals surface area contributed by atoms with E-state index in [1.165, 1.54) is 11.1 Å². The molecule has 2 aliphatic heterocycles. The fourth-order valence-electron chi connectivity index (χ4n) is 3.54. The fraction of sp³-hybridized carbons (Fsp3) is 0.588. The van der Waals surface area contributed by atoms with Crippen LogP contribution in [0, 0.1) is 0 Å². The van der Waals surface area contributed by atoms with Crippen molar-refractivity contribution < 1.29 is 4.79 Å². The lowest BCUT2D eigenvalue weighted by atomic mass is 9.89.